The van der Waals surface area contributed by atoms with Crippen LogP contribution in [0.25, 0.3) is 0 Å². The minimum Gasteiger partial charge on any atom is -0.756 e. The van der Waals surface area contributed by atoms with Crippen LogP contribution in [0.5, 0.6) is 0 Å². The Morgan fingerprint density at radius 2 is 1.10 bits per heavy atom. The van der Waals surface area contributed by atoms with Crippen LogP contribution in [0.15, 0.2) is 0 Å². The Labute approximate surface area is 295 Å². The van der Waals surface area contributed by atoms with E-state index >= 15 is 0 Å². The van der Waals surface area contributed by atoms with Gasteiger partial charge in [-0.2, -0.15) is 0 Å². The van der Waals surface area contributed by atoms with E-state index in [0.717, 1.165) is 50.4 Å². The molecule has 286 valence electrons. The van der Waals surface area contributed by atoms with Gasteiger partial charge in [0.2, 0.25) is 0 Å². The molecule has 0 heterocycles. The number of hydrogen-bond donors (Lipinski definition) is 0. The fourth-order valence-electron chi connectivity index (χ4n) is 5.34. The second-order valence-corrected chi connectivity index (χ2v) is 16.8. The average Bonchev–Trinajstić information content (AvgIpc) is 3.00. The van der Waals surface area contributed by atoms with E-state index in [4.69, 9.17) is 18.5 Å². The summed E-state index contributed by atoms with van der Waals surface area (Å²) in [7, 11) is 1.17. The van der Waals surface area contributed by atoms with Gasteiger partial charge >= 0.3 is 11.9 Å². The van der Waals surface area contributed by atoms with Gasteiger partial charge in [-0.1, -0.05) is 143 Å². The van der Waals surface area contributed by atoms with E-state index in [9.17, 15) is 19.0 Å². The molecule has 0 bridgehead atoms. The van der Waals surface area contributed by atoms with Crippen LogP contribution in [0.4, 0.5) is 0 Å². The van der Waals surface area contributed by atoms with Crippen molar-refractivity contribution in [2.45, 2.75) is 175 Å². The summed E-state index contributed by atoms with van der Waals surface area (Å²) in [5.41, 5.74) is 0. The van der Waals surface area contributed by atoms with Crippen molar-refractivity contribution in [3.05, 3.63) is 0 Å². The average molecular weight is 706 g/mol. The largest absolute Gasteiger partial charge is 0.756 e. The molecule has 0 amide bonds. The van der Waals surface area contributed by atoms with Crippen molar-refractivity contribution >= 4 is 19.8 Å². The number of carbonyl (C=O) groups excluding carboxylic acids is 2. The van der Waals surface area contributed by atoms with E-state index in [1.807, 2.05) is 21.1 Å². The smallest absolute Gasteiger partial charge is 0.306 e. The second-order valence-electron chi connectivity index (χ2n) is 15.4. The van der Waals surface area contributed by atoms with Crippen LogP contribution in [0.3, 0.4) is 0 Å². The molecule has 0 saturated heterocycles. The first-order valence-corrected chi connectivity index (χ1v) is 21.0. The highest BCUT2D eigenvalue weighted by Gasteiger charge is 2.21. The summed E-state index contributed by atoms with van der Waals surface area (Å²) in [5.74, 6) is 0.781. The molecular formula is C38H76NO8P. The van der Waals surface area contributed by atoms with Crippen LogP contribution in [0.1, 0.15) is 169 Å². The van der Waals surface area contributed by atoms with Gasteiger partial charge in [0, 0.05) is 12.8 Å². The van der Waals surface area contributed by atoms with Gasteiger partial charge in [-0.05, 0) is 24.7 Å². The first-order chi connectivity index (χ1) is 22.7. The van der Waals surface area contributed by atoms with Crippen LogP contribution in [-0.2, 0) is 32.7 Å². The number of quaternary nitrogens is 1. The normalized spacial score (nSPS) is 14.5. The molecule has 0 radical (unpaired) electrons. The lowest BCUT2D eigenvalue weighted by atomic mass is 9.99. The number of esters is 2. The number of nitrogens with zero attached hydrogens (tertiary/aromatic N) is 1. The molecule has 10 heteroatoms. The minimum absolute atomic E-state index is 0.0277. The Bertz CT molecular complexity index is 832. The molecule has 0 aliphatic carbocycles. The molecule has 48 heavy (non-hydrogen) atoms. The molecule has 0 aromatic heterocycles. The first kappa shape index (κ1) is 47.0. The molecule has 9 nitrogen and oxygen atoms in total. The van der Waals surface area contributed by atoms with Gasteiger partial charge in [0.05, 0.1) is 27.7 Å². The van der Waals surface area contributed by atoms with E-state index in [0.29, 0.717) is 17.4 Å². The minimum atomic E-state index is -4.61. The second kappa shape index (κ2) is 29.7. The van der Waals surface area contributed by atoms with Gasteiger partial charge in [-0.25, -0.2) is 0 Å². The maximum absolute atomic E-state index is 12.6. The monoisotopic (exact) mass is 706 g/mol. The van der Waals surface area contributed by atoms with Crippen molar-refractivity contribution < 1.29 is 42.1 Å². The number of ether oxygens (including phenoxy) is 2. The van der Waals surface area contributed by atoms with E-state index in [2.05, 4.69) is 27.7 Å². The molecule has 0 rings (SSSR count). The molecule has 0 aliphatic rings. The van der Waals surface area contributed by atoms with E-state index in [1.165, 1.54) is 83.5 Å². The zero-order valence-corrected chi connectivity index (χ0v) is 33.2. The van der Waals surface area contributed by atoms with Crippen LogP contribution < -0.4 is 4.89 Å². The number of unbranched alkanes of at least 4 members (excludes halogenated alkanes) is 15. The summed E-state index contributed by atoms with van der Waals surface area (Å²) < 4.78 is 33.8. The predicted molar refractivity (Wildman–Crippen MR) is 194 cm³/mol. The van der Waals surface area contributed by atoms with Crippen molar-refractivity contribution in [2.75, 3.05) is 47.5 Å². The number of phosphoric acid groups is 1. The van der Waals surface area contributed by atoms with Gasteiger partial charge in [-0.3, -0.25) is 14.2 Å². The fraction of sp³-hybridized carbons (Fsp3) is 0.947. The first-order valence-electron chi connectivity index (χ1n) is 19.5. The zero-order valence-electron chi connectivity index (χ0n) is 32.3. The molecular weight excluding hydrogens is 629 g/mol. The Balaban J connectivity index is 4.44. The Hall–Kier alpha value is -0.990. The van der Waals surface area contributed by atoms with Crippen LogP contribution >= 0.6 is 7.82 Å². The van der Waals surface area contributed by atoms with Crippen molar-refractivity contribution in [3.8, 4) is 0 Å². The Morgan fingerprint density at radius 3 is 1.58 bits per heavy atom. The maximum Gasteiger partial charge on any atom is 0.306 e. The SMILES string of the molecule is CC[C@@H](C)CCCCCCCCCCC(=O)OC[C@H](COP(=O)([O-])OCC[N+](C)(C)C)OC(=O)CCCCCCCCCCCC(C)C. The third-order valence-corrected chi connectivity index (χ3v) is 9.81. The Kier molecular flexibility index (Phi) is 29.1. The molecule has 0 fully saturated rings. The van der Waals surface area contributed by atoms with Gasteiger partial charge in [0.25, 0.3) is 7.82 Å². The van der Waals surface area contributed by atoms with Crippen molar-refractivity contribution in [1.29, 1.82) is 0 Å². The van der Waals surface area contributed by atoms with E-state index in [1.54, 1.807) is 0 Å². The number of likely N-dealkylation sites (N-methyl/N-ethyl adjacent to an activating group) is 1. The lowest BCUT2D eigenvalue weighted by Crippen LogP contribution is -2.37. The molecule has 3 atom stereocenters. The van der Waals surface area contributed by atoms with Gasteiger partial charge < -0.3 is 27.9 Å². The van der Waals surface area contributed by atoms with E-state index in [-0.39, 0.29) is 32.0 Å². The highest BCUT2D eigenvalue weighted by Crippen LogP contribution is 2.38. The van der Waals surface area contributed by atoms with Gasteiger partial charge in [0.15, 0.2) is 6.10 Å². The van der Waals surface area contributed by atoms with Crippen molar-refractivity contribution in [3.63, 3.8) is 0 Å². The van der Waals surface area contributed by atoms with Crippen molar-refractivity contribution in [1.82, 2.24) is 0 Å². The van der Waals surface area contributed by atoms with E-state index < -0.39 is 26.5 Å². The summed E-state index contributed by atoms with van der Waals surface area (Å²) in [5, 5.41) is 0. The lowest BCUT2D eigenvalue weighted by Gasteiger charge is -2.28. The zero-order chi connectivity index (χ0) is 36.1. The quantitative estimate of drug-likeness (QED) is 0.0282. The lowest BCUT2D eigenvalue weighted by molar-refractivity contribution is -0.870. The summed E-state index contributed by atoms with van der Waals surface area (Å²) in [4.78, 5) is 37.3. The highest BCUT2D eigenvalue weighted by atomic mass is 31.2. The highest BCUT2D eigenvalue weighted by molar-refractivity contribution is 7.45. The molecule has 0 aliphatic heterocycles. The molecule has 0 aromatic carbocycles. The number of hydrogen-bond acceptors (Lipinski definition) is 8. The maximum atomic E-state index is 12.6. The molecule has 0 spiro atoms. The molecule has 0 saturated carbocycles. The Morgan fingerprint density at radius 1 is 0.646 bits per heavy atom. The summed E-state index contributed by atoms with van der Waals surface area (Å²) in [6, 6.07) is 0. The number of carbonyl (C=O) groups is 2. The predicted octanol–water partition coefficient (Wildman–Crippen LogP) is 9.54. The third-order valence-electron chi connectivity index (χ3n) is 8.85. The molecule has 1 unspecified atom stereocenters. The summed E-state index contributed by atoms with van der Waals surface area (Å²) in [6.07, 6.45) is 22.8. The third kappa shape index (κ3) is 33.5. The molecule has 0 N–H and O–H groups in total. The number of phosphoric ester groups is 1. The fourth-order valence-corrected chi connectivity index (χ4v) is 6.07. The number of rotatable bonds is 34. The topological polar surface area (TPSA) is 111 Å². The summed E-state index contributed by atoms with van der Waals surface area (Å²) in [6.45, 7) is 8.85. The van der Waals surface area contributed by atoms with Crippen molar-refractivity contribution in [2.24, 2.45) is 11.8 Å². The molecule has 0 aromatic rings. The van der Waals surface area contributed by atoms with Crippen LogP contribution in [-0.4, -0.2) is 70.0 Å². The summed E-state index contributed by atoms with van der Waals surface area (Å²) >= 11 is 0. The standard InChI is InChI=1S/C38H76NO8P/c1-8-35(4)27-23-19-15-12-13-16-20-24-28-37(40)44-32-36(33-46-48(42,43)45-31-30-39(5,6)7)47-38(41)29-25-21-17-11-9-10-14-18-22-26-34(2)3/h34-36H,8-33H2,1-7H3/t35-,36-/m1/s1. The van der Waals surface area contributed by atoms with Crippen LogP contribution in [0.2, 0.25) is 0 Å². The van der Waals surface area contributed by atoms with Gasteiger partial charge in [0.1, 0.15) is 19.8 Å². The van der Waals surface area contributed by atoms with Crippen LogP contribution in [0, 0.1) is 11.8 Å². The van der Waals surface area contributed by atoms with Gasteiger partial charge in [-0.15, -0.1) is 0 Å².